The summed E-state index contributed by atoms with van der Waals surface area (Å²) in [5, 5.41) is 11.6. The highest BCUT2D eigenvalue weighted by molar-refractivity contribution is 8.00. The summed E-state index contributed by atoms with van der Waals surface area (Å²) in [7, 11) is -4.07. The lowest BCUT2D eigenvalue weighted by Gasteiger charge is -2.04. The summed E-state index contributed by atoms with van der Waals surface area (Å²) >= 11 is 2.46. The van der Waals surface area contributed by atoms with E-state index in [4.69, 9.17) is 0 Å². The Morgan fingerprint density at radius 2 is 2.00 bits per heavy atom. The zero-order valence-electron chi connectivity index (χ0n) is 15.0. The van der Waals surface area contributed by atoms with Gasteiger partial charge >= 0.3 is 0 Å². The third-order valence-electron chi connectivity index (χ3n) is 3.93. The van der Waals surface area contributed by atoms with Gasteiger partial charge in [-0.3, -0.25) is 9.36 Å². The zero-order valence-corrected chi connectivity index (χ0v) is 17.4. The van der Waals surface area contributed by atoms with Gasteiger partial charge in [0.25, 0.3) is 5.56 Å². The summed E-state index contributed by atoms with van der Waals surface area (Å²) in [5.41, 5.74) is 0.560. The molecule has 2 aromatic heterocycles. The Labute approximate surface area is 170 Å². The van der Waals surface area contributed by atoms with Gasteiger partial charge in [0.05, 0.1) is 9.43 Å². The molecule has 28 heavy (non-hydrogen) atoms. The number of nitriles is 1. The average molecular weight is 429 g/mol. The molecule has 5 nitrogen and oxygen atoms in total. The third-order valence-corrected chi connectivity index (χ3v) is 7.73. The van der Waals surface area contributed by atoms with Crippen molar-refractivity contribution in [2.24, 2.45) is 0 Å². The smallest absolute Gasteiger partial charge is 0.269 e. The number of thiazole rings is 1. The Bertz CT molecular complexity index is 1340. The number of allylic oxidation sites excluding steroid dienone is 1. The van der Waals surface area contributed by atoms with Gasteiger partial charge in [0.1, 0.15) is 10.7 Å². The summed E-state index contributed by atoms with van der Waals surface area (Å²) in [5.74, 6) is 0. The minimum atomic E-state index is -4.07. The molecule has 0 fully saturated rings. The van der Waals surface area contributed by atoms with Crippen molar-refractivity contribution in [3.8, 4) is 6.07 Å². The van der Waals surface area contributed by atoms with E-state index >= 15 is 0 Å². The Kier molecular flexibility index (Phi) is 5.79. The quantitative estimate of drug-likeness (QED) is 0.585. The lowest BCUT2D eigenvalue weighted by atomic mass is 10.2. The molecule has 2 heterocycles. The number of benzene rings is 1. The molecule has 8 heteroatoms. The monoisotopic (exact) mass is 428 g/mol. The second-order valence-electron chi connectivity index (χ2n) is 5.89. The SMILES string of the molecule is C=CCn1c(=O)/c(=C/c2cccs2)s/c1=C(/C#N)S(=O)(=O)c1ccc(C)cc1. The molecular weight excluding hydrogens is 412 g/mol. The standard InChI is InChI=1S/C20H16N2O3S3/c1-3-10-22-19(23)17(12-15-5-4-11-26-15)27-20(22)18(13-21)28(24,25)16-8-6-14(2)7-9-16/h3-9,11-12H,1,10H2,2H3/b17-12-,20-18-. The molecule has 142 valence electrons. The van der Waals surface area contributed by atoms with Crippen LogP contribution in [0.25, 0.3) is 11.0 Å². The van der Waals surface area contributed by atoms with Crippen LogP contribution in [0.2, 0.25) is 0 Å². The van der Waals surface area contributed by atoms with Crippen molar-refractivity contribution in [3.05, 3.63) is 84.4 Å². The van der Waals surface area contributed by atoms with E-state index in [1.165, 1.54) is 34.1 Å². The molecule has 0 saturated carbocycles. The summed E-state index contributed by atoms with van der Waals surface area (Å²) in [4.78, 5) is 13.3. The topological polar surface area (TPSA) is 79.9 Å². The Hall–Kier alpha value is -2.73. The Morgan fingerprint density at radius 1 is 1.29 bits per heavy atom. The van der Waals surface area contributed by atoms with Crippen LogP contribution in [0.15, 0.2) is 64.1 Å². The third kappa shape index (κ3) is 3.78. The second kappa shape index (κ2) is 8.10. The van der Waals surface area contributed by atoms with Crippen LogP contribution in [-0.2, 0) is 16.4 Å². The molecule has 0 spiro atoms. The van der Waals surface area contributed by atoms with Crippen LogP contribution in [0.3, 0.4) is 0 Å². The molecule has 0 unspecified atom stereocenters. The van der Waals surface area contributed by atoms with Gasteiger partial charge in [0.2, 0.25) is 9.84 Å². The summed E-state index contributed by atoms with van der Waals surface area (Å²) < 4.78 is 27.9. The first-order valence-corrected chi connectivity index (χ1v) is 11.4. The van der Waals surface area contributed by atoms with Crippen molar-refractivity contribution in [3.63, 3.8) is 0 Å². The fraction of sp³-hybridized carbons (Fsp3) is 0.100. The fourth-order valence-corrected chi connectivity index (χ4v) is 5.92. The van der Waals surface area contributed by atoms with E-state index in [0.29, 0.717) is 4.53 Å². The Morgan fingerprint density at radius 3 is 2.57 bits per heavy atom. The molecule has 1 aromatic carbocycles. The summed E-state index contributed by atoms with van der Waals surface area (Å²) in [6.45, 7) is 5.59. The number of aromatic nitrogens is 1. The first-order chi connectivity index (χ1) is 13.4. The maximum Gasteiger partial charge on any atom is 0.269 e. The van der Waals surface area contributed by atoms with E-state index in [1.54, 1.807) is 24.3 Å². The maximum atomic E-state index is 13.1. The molecule has 3 aromatic rings. The van der Waals surface area contributed by atoms with Gasteiger partial charge in [0, 0.05) is 11.4 Å². The highest BCUT2D eigenvalue weighted by Crippen LogP contribution is 2.19. The molecule has 0 N–H and O–H groups in total. The van der Waals surface area contributed by atoms with Gasteiger partial charge in [-0.15, -0.1) is 29.3 Å². The lowest BCUT2D eigenvalue weighted by Crippen LogP contribution is -2.32. The van der Waals surface area contributed by atoms with Crippen LogP contribution in [0, 0.1) is 18.3 Å². The number of hydrogen-bond acceptors (Lipinski definition) is 6. The summed E-state index contributed by atoms with van der Waals surface area (Å²) in [6.07, 6.45) is 3.20. The van der Waals surface area contributed by atoms with E-state index in [0.717, 1.165) is 21.8 Å². The number of sulfone groups is 1. The number of thiophene rings is 1. The van der Waals surface area contributed by atoms with Gasteiger partial charge in [-0.25, -0.2) is 8.42 Å². The van der Waals surface area contributed by atoms with Crippen LogP contribution in [0.4, 0.5) is 0 Å². The van der Waals surface area contributed by atoms with E-state index in [9.17, 15) is 18.5 Å². The molecule has 0 amide bonds. The van der Waals surface area contributed by atoms with Crippen LogP contribution in [0.1, 0.15) is 10.4 Å². The predicted molar refractivity (Wildman–Crippen MR) is 113 cm³/mol. The van der Waals surface area contributed by atoms with Crippen molar-refractivity contribution >= 4 is 43.5 Å². The fourth-order valence-electron chi connectivity index (χ4n) is 2.54. The average Bonchev–Trinajstić information content (AvgIpc) is 3.27. The Balaban J connectivity index is 2.37. The van der Waals surface area contributed by atoms with E-state index in [2.05, 4.69) is 6.58 Å². The van der Waals surface area contributed by atoms with Gasteiger partial charge in [-0.05, 0) is 36.6 Å². The largest absolute Gasteiger partial charge is 0.293 e. The molecule has 0 aliphatic rings. The van der Waals surface area contributed by atoms with E-state index in [-0.39, 0.29) is 21.7 Å². The highest BCUT2D eigenvalue weighted by atomic mass is 32.2. The van der Waals surface area contributed by atoms with Crippen LogP contribution >= 0.6 is 22.7 Å². The van der Waals surface area contributed by atoms with Crippen LogP contribution < -0.4 is 14.8 Å². The van der Waals surface area contributed by atoms with Crippen molar-refractivity contribution in [2.45, 2.75) is 18.4 Å². The molecular formula is C20H16N2O3S3. The summed E-state index contributed by atoms with van der Waals surface area (Å²) in [6, 6.07) is 11.8. The van der Waals surface area contributed by atoms with Crippen LogP contribution in [0.5, 0.6) is 0 Å². The van der Waals surface area contributed by atoms with E-state index < -0.39 is 14.7 Å². The second-order valence-corrected chi connectivity index (χ2v) is 9.79. The molecule has 0 atom stereocenters. The normalized spacial score (nSPS) is 13.2. The molecule has 0 aliphatic carbocycles. The zero-order chi connectivity index (χ0) is 20.3. The minimum absolute atomic E-state index is 0.0180. The number of rotatable bonds is 5. The first-order valence-electron chi connectivity index (χ1n) is 8.20. The number of nitrogens with zero attached hydrogens (tertiary/aromatic N) is 2. The molecule has 0 aliphatic heterocycles. The van der Waals surface area contributed by atoms with Gasteiger partial charge in [-0.2, -0.15) is 5.26 Å². The van der Waals surface area contributed by atoms with Gasteiger partial charge < -0.3 is 0 Å². The van der Waals surface area contributed by atoms with Gasteiger partial charge in [-0.1, -0.05) is 29.8 Å². The van der Waals surface area contributed by atoms with Crippen LogP contribution in [-0.4, -0.2) is 13.0 Å². The molecule has 0 radical (unpaired) electrons. The predicted octanol–water partition coefficient (Wildman–Crippen LogP) is 2.40. The lowest BCUT2D eigenvalue weighted by molar-refractivity contribution is 0.605. The van der Waals surface area contributed by atoms with Crippen molar-refractivity contribution in [1.29, 1.82) is 5.26 Å². The first kappa shape index (κ1) is 20.0. The molecule has 0 saturated heterocycles. The van der Waals surface area contributed by atoms with Crippen molar-refractivity contribution in [1.82, 2.24) is 4.57 Å². The van der Waals surface area contributed by atoms with Crippen molar-refractivity contribution < 1.29 is 8.42 Å². The van der Waals surface area contributed by atoms with Crippen molar-refractivity contribution in [2.75, 3.05) is 0 Å². The molecule has 0 bridgehead atoms. The minimum Gasteiger partial charge on any atom is -0.293 e. The highest BCUT2D eigenvalue weighted by Gasteiger charge is 2.24. The van der Waals surface area contributed by atoms with Gasteiger partial charge in [0.15, 0.2) is 4.91 Å². The maximum absolute atomic E-state index is 13.1. The molecule has 3 rings (SSSR count). The van der Waals surface area contributed by atoms with E-state index in [1.807, 2.05) is 24.4 Å². The number of aryl methyl sites for hydroxylation is 1. The number of hydrogen-bond donors (Lipinski definition) is 0.